The fourth-order valence-electron chi connectivity index (χ4n) is 3.73. The predicted molar refractivity (Wildman–Crippen MR) is 111 cm³/mol. The quantitative estimate of drug-likeness (QED) is 0.584. The van der Waals surface area contributed by atoms with Crippen LogP contribution in [0.1, 0.15) is 23.2 Å². The summed E-state index contributed by atoms with van der Waals surface area (Å²) in [4.78, 5) is 37.6. The largest absolute Gasteiger partial charge is 0.473 e. The molecule has 2 aliphatic rings. The van der Waals surface area contributed by atoms with Crippen LogP contribution in [0.3, 0.4) is 0 Å². The fourth-order valence-corrected chi connectivity index (χ4v) is 3.92. The average Bonchev–Trinajstić information content (AvgIpc) is 2.74. The maximum Gasteiger partial charge on any atom is 0.414 e. The van der Waals surface area contributed by atoms with Gasteiger partial charge in [-0.05, 0) is 31.0 Å². The lowest BCUT2D eigenvalue weighted by Gasteiger charge is -2.42. The third kappa shape index (κ3) is 7.24. The summed E-state index contributed by atoms with van der Waals surface area (Å²) in [6.07, 6.45) is 2.07. The summed E-state index contributed by atoms with van der Waals surface area (Å²) < 4.78 is 0. The number of likely N-dealkylation sites (tertiary alicyclic amines) is 1. The molecule has 2 aliphatic heterocycles. The van der Waals surface area contributed by atoms with Gasteiger partial charge >= 0.3 is 11.9 Å². The van der Waals surface area contributed by atoms with E-state index < -0.39 is 11.9 Å². The number of carboxylic acids is 2. The van der Waals surface area contributed by atoms with Crippen LogP contribution in [-0.2, 0) is 9.59 Å². The molecule has 0 aliphatic carbocycles. The molecule has 0 spiro atoms. The first kappa shape index (κ1) is 24.1. The molecule has 0 unspecified atom stereocenters. The Morgan fingerprint density at radius 1 is 0.967 bits per heavy atom. The van der Waals surface area contributed by atoms with Gasteiger partial charge in [0.05, 0.1) is 6.61 Å². The van der Waals surface area contributed by atoms with Crippen molar-refractivity contribution in [3.63, 3.8) is 0 Å². The number of hydrogen-bond donors (Lipinski definition) is 3. The predicted octanol–water partition coefficient (Wildman–Crippen LogP) is 0.710. The number of β-amino-alcohol motifs (C(OH)–C–C–N with tert-alkyl or cyclic N) is 1. The molecule has 10 heteroatoms. The fraction of sp³-hybridized carbons (Fsp3) is 0.550. The molecule has 9 nitrogen and oxygen atoms in total. The molecule has 2 heterocycles. The van der Waals surface area contributed by atoms with E-state index in [1.165, 1.54) is 0 Å². The molecule has 0 bridgehead atoms. The number of piperidine rings is 1. The SMILES string of the molecule is O=C(O)C(=O)O.O=C(c1cccc(Cl)c1)N1CCC(N2CCN(CCO)CC2)CC1. The van der Waals surface area contributed by atoms with E-state index in [9.17, 15) is 4.79 Å². The van der Waals surface area contributed by atoms with Gasteiger partial charge in [-0.15, -0.1) is 0 Å². The summed E-state index contributed by atoms with van der Waals surface area (Å²) in [6.45, 7) is 6.83. The van der Waals surface area contributed by atoms with Gasteiger partial charge in [-0.1, -0.05) is 17.7 Å². The minimum atomic E-state index is -1.82. The molecule has 1 aromatic carbocycles. The molecule has 166 valence electrons. The van der Waals surface area contributed by atoms with Crippen molar-refractivity contribution in [1.82, 2.24) is 14.7 Å². The van der Waals surface area contributed by atoms with Gasteiger partial charge in [-0.25, -0.2) is 9.59 Å². The van der Waals surface area contributed by atoms with Crippen LogP contribution in [0.2, 0.25) is 5.02 Å². The van der Waals surface area contributed by atoms with E-state index in [2.05, 4.69) is 9.80 Å². The highest BCUT2D eigenvalue weighted by molar-refractivity contribution is 6.31. The van der Waals surface area contributed by atoms with Crippen molar-refractivity contribution in [2.45, 2.75) is 18.9 Å². The van der Waals surface area contributed by atoms with Crippen LogP contribution in [0.5, 0.6) is 0 Å². The minimum Gasteiger partial charge on any atom is -0.473 e. The molecule has 0 atom stereocenters. The molecular formula is C20H28ClN3O6. The number of benzene rings is 1. The molecule has 1 amide bonds. The highest BCUT2D eigenvalue weighted by Crippen LogP contribution is 2.21. The lowest BCUT2D eigenvalue weighted by atomic mass is 10.0. The van der Waals surface area contributed by atoms with Crippen LogP contribution in [0, 0.1) is 0 Å². The number of carboxylic acid groups (broad SMARTS) is 2. The summed E-state index contributed by atoms with van der Waals surface area (Å²) in [5, 5.41) is 24.4. The molecule has 1 aromatic rings. The van der Waals surface area contributed by atoms with Crippen molar-refractivity contribution < 1.29 is 29.7 Å². The minimum absolute atomic E-state index is 0.0868. The smallest absolute Gasteiger partial charge is 0.414 e. The zero-order chi connectivity index (χ0) is 22.1. The van der Waals surface area contributed by atoms with E-state index in [4.69, 9.17) is 36.5 Å². The normalized spacial score (nSPS) is 18.4. The zero-order valence-corrected chi connectivity index (χ0v) is 17.5. The summed E-state index contributed by atoms with van der Waals surface area (Å²) in [7, 11) is 0. The molecule has 3 rings (SSSR count). The second kappa shape index (κ2) is 11.8. The average molecular weight is 442 g/mol. The Balaban J connectivity index is 0.000000469. The Hall–Kier alpha value is -2.20. The summed E-state index contributed by atoms with van der Waals surface area (Å²) >= 11 is 5.99. The Bertz CT molecular complexity index is 719. The zero-order valence-electron chi connectivity index (χ0n) is 16.7. The van der Waals surface area contributed by atoms with Crippen LogP contribution in [-0.4, -0.2) is 106 Å². The Morgan fingerprint density at radius 2 is 1.57 bits per heavy atom. The van der Waals surface area contributed by atoms with Crippen molar-refractivity contribution in [2.24, 2.45) is 0 Å². The van der Waals surface area contributed by atoms with Gasteiger partial charge in [-0.3, -0.25) is 14.6 Å². The van der Waals surface area contributed by atoms with E-state index in [0.29, 0.717) is 16.6 Å². The number of amides is 1. The van der Waals surface area contributed by atoms with Crippen LogP contribution >= 0.6 is 11.6 Å². The number of aliphatic hydroxyl groups is 1. The van der Waals surface area contributed by atoms with Crippen LogP contribution in [0.4, 0.5) is 0 Å². The monoisotopic (exact) mass is 441 g/mol. The van der Waals surface area contributed by atoms with Gasteiger partial charge in [0.15, 0.2) is 0 Å². The van der Waals surface area contributed by atoms with E-state index in [-0.39, 0.29) is 12.5 Å². The molecule has 0 radical (unpaired) electrons. The molecule has 2 fully saturated rings. The molecule has 0 saturated carbocycles. The lowest BCUT2D eigenvalue weighted by molar-refractivity contribution is -0.159. The van der Waals surface area contributed by atoms with Crippen molar-refractivity contribution >= 4 is 29.4 Å². The summed E-state index contributed by atoms with van der Waals surface area (Å²) in [5.74, 6) is -3.56. The third-order valence-electron chi connectivity index (χ3n) is 5.35. The maximum absolute atomic E-state index is 12.6. The number of piperazine rings is 1. The van der Waals surface area contributed by atoms with E-state index in [1.54, 1.807) is 12.1 Å². The Morgan fingerprint density at radius 3 is 2.07 bits per heavy atom. The van der Waals surface area contributed by atoms with Gasteiger partial charge in [0, 0.05) is 62.4 Å². The van der Waals surface area contributed by atoms with Gasteiger partial charge < -0.3 is 20.2 Å². The van der Waals surface area contributed by atoms with E-state index in [1.807, 2.05) is 17.0 Å². The third-order valence-corrected chi connectivity index (χ3v) is 5.58. The Labute approximate surface area is 180 Å². The topological polar surface area (TPSA) is 122 Å². The highest BCUT2D eigenvalue weighted by Gasteiger charge is 2.29. The lowest BCUT2D eigenvalue weighted by Crippen LogP contribution is -2.54. The number of rotatable bonds is 4. The molecular weight excluding hydrogens is 414 g/mol. The number of aliphatic carboxylic acids is 2. The number of hydrogen-bond acceptors (Lipinski definition) is 6. The molecule has 3 N–H and O–H groups in total. The first-order chi connectivity index (χ1) is 14.3. The number of aliphatic hydroxyl groups excluding tert-OH is 1. The molecule has 0 aromatic heterocycles. The second-order valence-corrected chi connectivity index (χ2v) is 7.68. The molecule has 2 saturated heterocycles. The second-order valence-electron chi connectivity index (χ2n) is 7.25. The molecule has 30 heavy (non-hydrogen) atoms. The first-order valence-corrected chi connectivity index (χ1v) is 10.3. The van der Waals surface area contributed by atoms with Crippen LogP contribution in [0.25, 0.3) is 0 Å². The number of carbonyl (C=O) groups is 3. The van der Waals surface area contributed by atoms with Crippen molar-refractivity contribution in [3.8, 4) is 0 Å². The first-order valence-electron chi connectivity index (χ1n) is 9.90. The summed E-state index contributed by atoms with van der Waals surface area (Å²) in [5.41, 5.74) is 0.679. The van der Waals surface area contributed by atoms with Gasteiger partial charge in [0.25, 0.3) is 5.91 Å². The number of halogens is 1. The Kier molecular flexibility index (Phi) is 9.51. The van der Waals surface area contributed by atoms with E-state index in [0.717, 1.165) is 58.7 Å². The standard InChI is InChI=1S/C18H26ClN3O2.C2H2O4/c19-16-3-1-2-15(14-16)18(24)22-6-4-17(5-7-22)21-10-8-20(9-11-21)12-13-23;3-1(4)2(5)6/h1-3,14,17,23H,4-13H2;(H,3,4)(H,5,6). The van der Waals surface area contributed by atoms with Gasteiger partial charge in [-0.2, -0.15) is 0 Å². The van der Waals surface area contributed by atoms with Gasteiger partial charge in [0.1, 0.15) is 0 Å². The van der Waals surface area contributed by atoms with Crippen molar-refractivity contribution in [2.75, 3.05) is 52.4 Å². The van der Waals surface area contributed by atoms with Crippen LogP contribution < -0.4 is 0 Å². The van der Waals surface area contributed by atoms with E-state index >= 15 is 0 Å². The highest BCUT2D eigenvalue weighted by atomic mass is 35.5. The maximum atomic E-state index is 12.6. The van der Waals surface area contributed by atoms with Crippen LogP contribution in [0.15, 0.2) is 24.3 Å². The van der Waals surface area contributed by atoms with Gasteiger partial charge in [0.2, 0.25) is 0 Å². The number of nitrogens with zero attached hydrogens (tertiary/aromatic N) is 3. The number of carbonyl (C=O) groups excluding carboxylic acids is 1. The van der Waals surface area contributed by atoms with Crippen molar-refractivity contribution in [3.05, 3.63) is 34.9 Å². The van der Waals surface area contributed by atoms with Crippen molar-refractivity contribution in [1.29, 1.82) is 0 Å². The summed E-state index contributed by atoms with van der Waals surface area (Å²) in [6, 6.07) is 7.77.